The lowest BCUT2D eigenvalue weighted by Crippen LogP contribution is -2.22. The third-order valence-corrected chi connectivity index (χ3v) is 3.13. The van der Waals surface area contributed by atoms with Crippen LogP contribution in [0.5, 0.6) is 0 Å². The summed E-state index contributed by atoms with van der Waals surface area (Å²) in [6.45, 7) is 0. The molecular formula is C10H6N2O5S. The maximum atomic E-state index is 11.1. The first kappa shape index (κ1) is 12.0. The van der Waals surface area contributed by atoms with Crippen molar-refractivity contribution in [3.63, 3.8) is 0 Å². The van der Waals surface area contributed by atoms with Crippen molar-refractivity contribution >= 4 is 44.4 Å². The predicted octanol–water partition coefficient (Wildman–Crippen LogP) is 1.02. The Bertz CT molecular complexity index is 663. The Balaban J connectivity index is 2.56. The minimum atomic E-state index is -1.68. The summed E-state index contributed by atoms with van der Waals surface area (Å²) in [5.74, 6) is -4.23. The van der Waals surface area contributed by atoms with E-state index < -0.39 is 17.8 Å². The molecule has 0 spiro atoms. The summed E-state index contributed by atoms with van der Waals surface area (Å²) < 4.78 is 0. The quantitative estimate of drug-likeness (QED) is 0.698. The zero-order chi connectivity index (χ0) is 13.3. The highest BCUT2D eigenvalue weighted by Crippen LogP contribution is 2.34. The van der Waals surface area contributed by atoms with Gasteiger partial charge in [-0.25, -0.2) is 14.6 Å². The SMILES string of the molecule is O=C(O)C(=O)Nc1sc2ncccc2c1C(=O)O. The topological polar surface area (TPSA) is 117 Å². The van der Waals surface area contributed by atoms with Crippen molar-refractivity contribution < 1.29 is 24.6 Å². The van der Waals surface area contributed by atoms with Gasteiger partial charge in [-0.3, -0.25) is 4.79 Å². The molecule has 7 nitrogen and oxygen atoms in total. The summed E-state index contributed by atoms with van der Waals surface area (Å²) in [4.78, 5) is 37.0. The fraction of sp³-hybridized carbons (Fsp3) is 0. The Labute approximate surface area is 104 Å². The van der Waals surface area contributed by atoms with Crippen LogP contribution in [0.1, 0.15) is 10.4 Å². The number of anilines is 1. The molecule has 0 aliphatic carbocycles. The molecular weight excluding hydrogens is 260 g/mol. The smallest absolute Gasteiger partial charge is 0.394 e. The van der Waals surface area contributed by atoms with Gasteiger partial charge in [-0.05, 0) is 12.1 Å². The number of amides is 1. The number of carboxylic acid groups (broad SMARTS) is 2. The van der Waals surface area contributed by atoms with Crippen molar-refractivity contribution in [3.05, 3.63) is 23.9 Å². The molecule has 0 saturated carbocycles. The van der Waals surface area contributed by atoms with Gasteiger partial charge in [-0.1, -0.05) is 11.3 Å². The molecule has 0 radical (unpaired) electrons. The van der Waals surface area contributed by atoms with Crippen LogP contribution < -0.4 is 5.32 Å². The maximum absolute atomic E-state index is 11.1. The number of carbonyl (C=O) groups excluding carboxylic acids is 1. The van der Waals surface area contributed by atoms with Gasteiger partial charge >= 0.3 is 17.8 Å². The molecule has 2 heterocycles. The second-order valence-corrected chi connectivity index (χ2v) is 4.23. The third kappa shape index (κ3) is 2.00. The highest BCUT2D eigenvalue weighted by molar-refractivity contribution is 7.23. The minimum absolute atomic E-state index is 0.0383. The molecule has 0 aliphatic heterocycles. The van der Waals surface area contributed by atoms with Crippen LogP contribution in [0.15, 0.2) is 18.3 Å². The molecule has 0 saturated heterocycles. The van der Waals surface area contributed by atoms with E-state index in [1.807, 2.05) is 5.32 Å². The minimum Gasteiger partial charge on any atom is -0.478 e. The Hall–Kier alpha value is -2.48. The molecule has 0 bridgehead atoms. The Morgan fingerprint density at radius 2 is 2.00 bits per heavy atom. The molecule has 2 aromatic rings. The van der Waals surface area contributed by atoms with Gasteiger partial charge in [0.1, 0.15) is 15.4 Å². The van der Waals surface area contributed by atoms with Crippen LogP contribution in [-0.2, 0) is 9.59 Å². The highest BCUT2D eigenvalue weighted by atomic mass is 32.1. The second kappa shape index (κ2) is 4.41. The van der Waals surface area contributed by atoms with Gasteiger partial charge < -0.3 is 15.5 Å². The molecule has 2 aromatic heterocycles. The number of nitrogens with one attached hydrogen (secondary N) is 1. The number of rotatable bonds is 2. The van der Waals surface area contributed by atoms with Crippen LogP contribution in [0, 0.1) is 0 Å². The zero-order valence-corrected chi connectivity index (χ0v) is 9.52. The van der Waals surface area contributed by atoms with Gasteiger partial charge in [0.25, 0.3) is 0 Å². The maximum Gasteiger partial charge on any atom is 0.394 e. The molecule has 3 N–H and O–H groups in total. The number of aromatic carboxylic acids is 1. The van der Waals surface area contributed by atoms with Gasteiger partial charge in [-0.2, -0.15) is 0 Å². The predicted molar refractivity (Wildman–Crippen MR) is 62.8 cm³/mol. The van der Waals surface area contributed by atoms with Crippen LogP contribution in [-0.4, -0.2) is 33.0 Å². The molecule has 0 unspecified atom stereocenters. The molecule has 0 fully saturated rings. The monoisotopic (exact) mass is 266 g/mol. The number of aromatic nitrogens is 1. The lowest BCUT2D eigenvalue weighted by atomic mass is 10.2. The number of thiophene rings is 1. The zero-order valence-electron chi connectivity index (χ0n) is 8.71. The number of carbonyl (C=O) groups is 3. The number of hydrogen-bond donors (Lipinski definition) is 3. The standard InChI is InChI=1S/C10H6N2O5S/c13-6(10(16)17)12-8-5(9(14)15)4-2-1-3-11-7(4)18-8/h1-3H,(H,12,13)(H,14,15)(H,16,17). The van der Waals surface area contributed by atoms with Crippen LogP contribution in [0.2, 0.25) is 0 Å². The fourth-order valence-electron chi connectivity index (χ4n) is 1.39. The average Bonchev–Trinajstić information content (AvgIpc) is 2.66. The van der Waals surface area contributed by atoms with Gasteiger partial charge in [0.05, 0.1) is 0 Å². The van der Waals surface area contributed by atoms with E-state index in [4.69, 9.17) is 10.2 Å². The van der Waals surface area contributed by atoms with Crippen molar-refractivity contribution in [1.29, 1.82) is 0 Å². The molecule has 2 rings (SSSR count). The number of fused-ring (bicyclic) bond motifs is 1. The molecule has 1 amide bonds. The molecule has 18 heavy (non-hydrogen) atoms. The average molecular weight is 266 g/mol. The summed E-state index contributed by atoms with van der Waals surface area (Å²) in [6.07, 6.45) is 1.48. The van der Waals surface area contributed by atoms with Crippen LogP contribution in [0.25, 0.3) is 10.2 Å². The second-order valence-electron chi connectivity index (χ2n) is 3.23. The van der Waals surface area contributed by atoms with Gasteiger partial charge in [0.15, 0.2) is 0 Å². The summed E-state index contributed by atoms with van der Waals surface area (Å²) in [5, 5.41) is 19.9. The van der Waals surface area contributed by atoms with Crippen LogP contribution >= 0.6 is 11.3 Å². The van der Waals surface area contributed by atoms with E-state index >= 15 is 0 Å². The number of carboxylic acids is 2. The normalized spacial score (nSPS) is 10.2. The van der Waals surface area contributed by atoms with E-state index in [0.717, 1.165) is 11.3 Å². The van der Waals surface area contributed by atoms with Crippen molar-refractivity contribution in [3.8, 4) is 0 Å². The molecule has 0 aliphatic rings. The van der Waals surface area contributed by atoms with Crippen molar-refractivity contribution in [1.82, 2.24) is 4.98 Å². The van der Waals surface area contributed by atoms with E-state index in [9.17, 15) is 14.4 Å². The number of hydrogen-bond acceptors (Lipinski definition) is 5. The van der Waals surface area contributed by atoms with E-state index in [1.54, 1.807) is 12.1 Å². The Morgan fingerprint density at radius 3 is 2.61 bits per heavy atom. The molecule has 8 heteroatoms. The van der Waals surface area contributed by atoms with Crippen molar-refractivity contribution in [2.24, 2.45) is 0 Å². The Kier molecular flexibility index (Phi) is 2.94. The summed E-state index contributed by atoms with van der Waals surface area (Å²) in [7, 11) is 0. The van der Waals surface area contributed by atoms with E-state index in [-0.39, 0.29) is 10.6 Å². The lowest BCUT2D eigenvalue weighted by molar-refractivity contribution is -0.147. The van der Waals surface area contributed by atoms with Gasteiger partial charge in [0.2, 0.25) is 0 Å². The first-order valence-corrected chi connectivity index (χ1v) is 5.47. The van der Waals surface area contributed by atoms with Crippen molar-refractivity contribution in [2.75, 3.05) is 5.32 Å². The summed E-state index contributed by atoms with van der Waals surface area (Å²) in [5.41, 5.74) is -0.155. The largest absolute Gasteiger partial charge is 0.478 e. The Morgan fingerprint density at radius 1 is 1.28 bits per heavy atom. The summed E-state index contributed by atoms with van der Waals surface area (Å²) >= 11 is 0.911. The number of nitrogens with zero attached hydrogens (tertiary/aromatic N) is 1. The lowest BCUT2D eigenvalue weighted by Gasteiger charge is -1.99. The van der Waals surface area contributed by atoms with Crippen LogP contribution in [0.4, 0.5) is 5.00 Å². The molecule has 0 aromatic carbocycles. The number of pyridine rings is 1. The summed E-state index contributed by atoms with van der Waals surface area (Å²) in [6, 6.07) is 3.10. The van der Waals surface area contributed by atoms with E-state index in [2.05, 4.69) is 4.98 Å². The first-order valence-electron chi connectivity index (χ1n) is 4.65. The number of aliphatic carboxylic acids is 1. The highest BCUT2D eigenvalue weighted by Gasteiger charge is 2.22. The third-order valence-electron chi connectivity index (χ3n) is 2.10. The molecule has 0 atom stereocenters. The first-order chi connectivity index (χ1) is 8.50. The van der Waals surface area contributed by atoms with E-state index in [0.29, 0.717) is 10.2 Å². The molecule has 92 valence electrons. The van der Waals surface area contributed by atoms with Crippen LogP contribution in [0.3, 0.4) is 0 Å². The fourth-order valence-corrected chi connectivity index (χ4v) is 2.42. The van der Waals surface area contributed by atoms with Crippen molar-refractivity contribution in [2.45, 2.75) is 0 Å². The van der Waals surface area contributed by atoms with Gasteiger partial charge in [0, 0.05) is 11.6 Å². The van der Waals surface area contributed by atoms with Gasteiger partial charge in [-0.15, -0.1) is 0 Å². The van der Waals surface area contributed by atoms with E-state index in [1.165, 1.54) is 6.20 Å².